The van der Waals surface area contributed by atoms with E-state index in [0.29, 0.717) is 6.07 Å². The van der Waals surface area contributed by atoms with E-state index < -0.39 is 41.4 Å². The van der Waals surface area contributed by atoms with E-state index in [1.807, 2.05) is 0 Å². The van der Waals surface area contributed by atoms with Crippen molar-refractivity contribution in [3.05, 3.63) is 34.4 Å². The molecule has 1 aromatic carbocycles. The number of hydrogen-bond donors (Lipinski definition) is 0. The fraction of sp³-hybridized carbons (Fsp3) is 0.462. The third kappa shape index (κ3) is 4.12. The monoisotopic (exact) mass is 314 g/mol. The van der Waals surface area contributed by atoms with Gasteiger partial charge in [-0.1, -0.05) is 13.0 Å². The Morgan fingerprint density at radius 2 is 1.67 bits per heavy atom. The molecule has 1 aromatic rings. The molecule has 21 heavy (non-hydrogen) atoms. The zero-order valence-corrected chi connectivity index (χ0v) is 11.2. The van der Waals surface area contributed by atoms with Gasteiger partial charge in [-0.2, -0.15) is 26.3 Å². The summed E-state index contributed by atoms with van der Waals surface area (Å²) in [7, 11) is 0.948. The fourth-order valence-electron chi connectivity index (χ4n) is 1.90. The molecule has 0 amide bonds. The molecule has 8 heteroatoms. The first-order valence-corrected chi connectivity index (χ1v) is 5.87. The summed E-state index contributed by atoms with van der Waals surface area (Å²) in [5.41, 5.74) is -4.29. The lowest BCUT2D eigenvalue weighted by molar-refractivity contribution is -0.162. The summed E-state index contributed by atoms with van der Waals surface area (Å²) in [6.45, 7) is 1.50. The summed E-state index contributed by atoms with van der Waals surface area (Å²) in [4.78, 5) is 11.2. The van der Waals surface area contributed by atoms with E-state index in [1.165, 1.54) is 6.92 Å². The largest absolute Gasteiger partial charge is 0.469 e. The van der Waals surface area contributed by atoms with Crippen molar-refractivity contribution in [3.63, 3.8) is 0 Å². The molecule has 0 saturated heterocycles. The van der Waals surface area contributed by atoms with Crippen molar-refractivity contribution in [1.29, 1.82) is 0 Å². The smallest absolute Gasteiger partial charge is 0.417 e. The molecule has 0 N–H and O–H groups in total. The van der Waals surface area contributed by atoms with Gasteiger partial charge in [0.05, 0.1) is 24.7 Å². The van der Waals surface area contributed by atoms with Crippen LogP contribution in [0.15, 0.2) is 12.1 Å². The van der Waals surface area contributed by atoms with Gasteiger partial charge < -0.3 is 4.74 Å². The Bertz CT molecular complexity index is 531. The lowest BCUT2D eigenvalue weighted by Gasteiger charge is -2.20. The maximum Gasteiger partial charge on any atom is 0.417 e. The van der Waals surface area contributed by atoms with E-state index in [-0.39, 0.29) is 12.0 Å². The van der Waals surface area contributed by atoms with Gasteiger partial charge in [-0.3, -0.25) is 4.79 Å². The van der Waals surface area contributed by atoms with Crippen LogP contribution < -0.4 is 0 Å². The SMILES string of the molecule is CCc1cc(CC(=O)OC)c(C(F)(F)F)c(C(F)(F)F)c1. The molecule has 0 aliphatic carbocycles. The molecule has 0 aliphatic heterocycles. The molecule has 0 fully saturated rings. The number of aryl methyl sites for hydroxylation is 1. The molecule has 1 rings (SSSR count). The summed E-state index contributed by atoms with van der Waals surface area (Å²) >= 11 is 0. The summed E-state index contributed by atoms with van der Waals surface area (Å²) in [5.74, 6) is -1.04. The second kappa shape index (κ2) is 5.95. The molecule has 0 saturated carbocycles. The van der Waals surface area contributed by atoms with Crippen LogP contribution in [-0.4, -0.2) is 13.1 Å². The van der Waals surface area contributed by atoms with E-state index in [9.17, 15) is 31.1 Å². The van der Waals surface area contributed by atoms with Crippen molar-refractivity contribution >= 4 is 5.97 Å². The number of methoxy groups -OCH3 is 1. The minimum absolute atomic E-state index is 0.0641. The Morgan fingerprint density at radius 1 is 1.10 bits per heavy atom. The topological polar surface area (TPSA) is 26.3 Å². The van der Waals surface area contributed by atoms with Crippen LogP contribution in [0.2, 0.25) is 0 Å². The lowest BCUT2D eigenvalue weighted by atomic mass is 9.94. The Balaban J connectivity index is 3.62. The molecule has 0 bridgehead atoms. The van der Waals surface area contributed by atoms with Gasteiger partial charge >= 0.3 is 18.3 Å². The van der Waals surface area contributed by atoms with Gasteiger partial charge in [0, 0.05) is 0 Å². The third-order valence-corrected chi connectivity index (χ3v) is 2.84. The van der Waals surface area contributed by atoms with Crippen LogP contribution in [0.25, 0.3) is 0 Å². The van der Waals surface area contributed by atoms with Gasteiger partial charge in [0.15, 0.2) is 0 Å². The van der Waals surface area contributed by atoms with E-state index >= 15 is 0 Å². The van der Waals surface area contributed by atoms with Gasteiger partial charge in [0.25, 0.3) is 0 Å². The summed E-state index contributed by atoms with van der Waals surface area (Å²) in [6, 6.07) is 1.42. The van der Waals surface area contributed by atoms with Gasteiger partial charge in [-0.15, -0.1) is 0 Å². The highest BCUT2D eigenvalue weighted by atomic mass is 19.4. The molecular formula is C13H12F6O2. The number of benzene rings is 1. The minimum atomic E-state index is -5.22. The number of ether oxygens (including phenoxy) is 1. The number of rotatable bonds is 3. The summed E-state index contributed by atoms with van der Waals surface area (Å²) in [5, 5.41) is 0. The third-order valence-electron chi connectivity index (χ3n) is 2.84. The average molecular weight is 314 g/mol. The molecule has 0 spiro atoms. The predicted molar refractivity (Wildman–Crippen MR) is 61.5 cm³/mol. The minimum Gasteiger partial charge on any atom is -0.469 e. The van der Waals surface area contributed by atoms with Gasteiger partial charge in [0.1, 0.15) is 0 Å². The van der Waals surface area contributed by atoms with E-state index in [1.54, 1.807) is 0 Å². The van der Waals surface area contributed by atoms with Crippen LogP contribution in [0.1, 0.15) is 29.2 Å². The Morgan fingerprint density at radius 3 is 2.05 bits per heavy atom. The standard InChI is InChI=1S/C13H12F6O2/c1-3-7-4-8(6-10(20)21-2)11(13(17,18)19)9(5-7)12(14,15)16/h4-5H,3,6H2,1-2H3. The van der Waals surface area contributed by atoms with Crippen LogP contribution in [0.5, 0.6) is 0 Å². The fourth-order valence-corrected chi connectivity index (χ4v) is 1.90. The molecule has 0 aliphatic rings. The van der Waals surface area contributed by atoms with Crippen LogP contribution in [-0.2, 0) is 34.7 Å². The van der Waals surface area contributed by atoms with Crippen LogP contribution in [0.4, 0.5) is 26.3 Å². The first-order valence-electron chi connectivity index (χ1n) is 5.87. The van der Waals surface area contributed by atoms with Crippen molar-refractivity contribution in [2.24, 2.45) is 0 Å². The van der Waals surface area contributed by atoms with Crippen molar-refractivity contribution in [2.75, 3.05) is 7.11 Å². The zero-order chi connectivity index (χ0) is 16.4. The van der Waals surface area contributed by atoms with Gasteiger partial charge in [-0.25, -0.2) is 0 Å². The number of alkyl halides is 6. The Hall–Kier alpha value is -1.73. The highest BCUT2D eigenvalue weighted by Gasteiger charge is 2.45. The number of carbonyl (C=O) groups is 1. The molecule has 0 atom stereocenters. The number of esters is 1. The molecule has 0 unspecified atom stereocenters. The van der Waals surface area contributed by atoms with Crippen LogP contribution >= 0.6 is 0 Å². The predicted octanol–water partition coefficient (Wildman–Crippen LogP) is 4.00. The lowest BCUT2D eigenvalue weighted by Crippen LogP contribution is -2.21. The number of hydrogen-bond acceptors (Lipinski definition) is 2. The van der Waals surface area contributed by atoms with E-state index in [2.05, 4.69) is 4.74 Å². The maximum atomic E-state index is 13.0. The van der Waals surface area contributed by atoms with Crippen molar-refractivity contribution < 1.29 is 35.9 Å². The van der Waals surface area contributed by atoms with Crippen LogP contribution in [0.3, 0.4) is 0 Å². The quantitative estimate of drug-likeness (QED) is 0.622. The highest BCUT2D eigenvalue weighted by Crippen LogP contribution is 2.43. The Kier molecular flexibility index (Phi) is 4.91. The van der Waals surface area contributed by atoms with Crippen molar-refractivity contribution in [3.8, 4) is 0 Å². The molecular weight excluding hydrogens is 302 g/mol. The van der Waals surface area contributed by atoms with Gasteiger partial charge in [0.2, 0.25) is 0 Å². The first-order chi connectivity index (χ1) is 9.50. The highest BCUT2D eigenvalue weighted by molar-refractivity contribution is 5.73. The van der Waals surface area contributed by atoms with Crippen molar-refractivity contribution in [1.82, 2.24) is 0 Å². The molecule has 0 aromatic heterocycles. The molecule has 118 valence electrons. The summed E-state index contributed by atoms with van der Waals surface area (Å²) in [6.07, 6.45) is -11.2. The average Bonchev–Trinajstić information content (AvgIpc) is 2.35. The normalized spacial score (nSPS) is 12.4. The first kappa shape index (κ1) is 17.3. The number of halogens is 6. The second-order valence-electron chi connectivity index (χ2n) is 4.28. The number of carbonyl (C=O) groups excluding carboxylic acids is 1. The molecule has 0 heterocycles. The molecule has 0 radical (unpaired) electrons. The zero-order valence-electron chi connectivity index (χ0n) is 11.2. The second-order valence-corrected chi connectivity index (χ2v) is 4.28. The van der Waals surface area contributed by atoms with Crippen LogP contribution in [0, 0.1) is 0 Å². The maximum absolute atomic E-state index is 13.0. The summed E-state index contributed by atoms with van der Waals surface area (Å²) < 4.78 is 81.8. The van der Waals surface area contributed by atoms with Gasteiger partial charge in [-0.05, 0) is 23.6 Å². The van der Waals surface area contributed by atoms with Crippen molar-refractivity contribution in [2.45, 2.75) is 32.1 Å². The Labute approximate surface area is 116 Å². The molecule has 2 nitrogen and oxygen atoms in total. The van der Waals surface area contributed by atoms with E-state index in [4.69, 9.17) is 0 Å². The van der Waals surface area contributed by atoms with E-state index in [0.717, 1.165) is 13.2 Å².